The molecule has 9 heteroatoms. The highest BCUT2D eigenvalue weighted by molar-refractivity contribution is 5.97. The third kappa shape index (κ3) is 3.38. The van der Waals surface area contributed by atoms with Crippen molar-refractivity contribution in [1.82, 2.24) is 39.1 Å². The Balaban J connectivity index is 1.50. The van der Waals surface area contributed by atoms with E-state index in [9.17, 15) is 0 Å². The molecule has 9 nitrogen and oxygen atoms in total. The summed E-state index contributed by atoms with van der Waals surface area (Å²) in [5.41, 5.74) is 6.67. The first-order chi connectivity index (χ1) is 16.6. The van der Waals surface area contributed by atoms with Gasteiger partial charge in [-0.3, -0.25) is 14.6 Å². The first-order valence-corrected chi connectivity index (χ1v) is 11.0. The molecule has 4 heterocycles. The van der Waals surface area contributed by atoms with Crippen LogP contribution >= 0.6 is 0 Å². The maximum absolute atomic E-state index is 4.65. The minimum absolute atomic E-state index is 0.286. The number of nitrogens with zero attached hydrogens (tertiary/aromatic N) is 8. The minimum Gasteiger partial charge on any atom is -0.370 e. The molecule has 0 saturated heterocycles. The third-order valence-corrected chi connectivity index (χ3v) is 6.12. The molecule has 0 radical (unpaired) electrons. The highest BCUT2D eigenvalue weighted by Gasteiger charge is 2.22. The number of rotatable bonds is 5. The number of hydrogen-bond donors (Lipinski definition) is 1. The second-order valence-corrected chi connectivity index (χ2v) is 8.44. The van der Waals surface area contributed by atoms with Crippen LogP contribution in [0, 0.1) is 0 Å². The normalized spacial score (nSPS) is 12.4. The van der Waals surface area contributed by atoms with E-state index >= 15 is 0 Å². The molecule has 168 valence electrons. The first-order valence-electron chi connectivity index (χ1n) is 11.0. The predicted molar refractivity (Wildman–Crippen MR) is 131 cm³/mol. The van der Waals surface area contributed by atoms with Crippen LogP contribution in [-0.4, -0.2) is 39.1 Å². The van der Waals surface area contributed by atoms with Crippen LogP contribution in [0.2, 0.25) is 0 Å². The molecule has 4 aromatic heterocycles. The quantitative estimate of drug-likeness (QED) is 0.430. The van der Waals surface area contributed by atoms with Gasteiger partial charge in [-0.25, -0.2) is 0 Å². The lowest BCUT2D eigenvalue weighted by Crippen LogP contribution is -2.17. The monoisotopic (exact) mass is 449 g/mol. The lowest BCUT2D eigenvalue weighted by molar-refractivity contribution is 0.689. The van der Waals surface area contributed by atoms with Crippen molar-refractivity contribution >= 4 is 27.6 Å². The summed E-state index contributed by atoms with van der Waals surface area (Å²) in [7, 11) is 5.89. The van der Waals surface area contributed by atoms with Crippen molar-refractivity contribution in [3.05, 3.63) is 85.1 Å². The van der Waals surface area contributed by atoms with E-state index < -0.39 is 0 Å². The maximum atomic E-state index is 4.65. The highest BCUT2D eigenvalue weighted by Crippen LogP contribution is 2.34. The number of hydrogen-bond acceptors (Lipinski definition) is 6. The Morgan fingerprint density at radius 2 is 1.76 bits per heavy atom. The zero-order valence-electron chi connectivity index (χ0n) is 19.1. The number of anilines is 1. The van der Waals surface area contributed by atoms with Crippen molar-refractivity contribution < 1.29 is 0 Å². The molecular weight excluding hydrogens is 426 g/mol. The summed E-state index contributed by atoms with van der Waals surface area (Å²) in [5.74, 6) is 0.768. The van der Waals surface area contributed by atoms with Gasteiger partial charge in [0.15, 0.2) is 5.82 Å². The molecule has 0 aliphatic carbocycles. The van der Waals surface area contributed by atoms with Gasteiger partial charge >= 0.3 is 0 Å². The fraction of sp³-hybridized carbons (Fsp3) is 0.160. The van der Waals surface area contributed by atoms with Crippen molar-refractivity contribution in [2.24, 2.45) is 21.1 Å². The van der Waals surface area contributed by atoms with Gasteiger partial charge in [0.1, 0.15) is 12.4 Å². The number of benzene rings is 2. The predicted octanol–water partition coefficient (Wildman–Crippen LogP) is 3.85. The Morgan fingerprint density at radius 3 is 2.56 bits per heavy atom. The SMILES string of the molecule is Cn1ccc([C@@H](Nc2cc(-c3ccc4ccn(C)c4c3)c3nccnc3c2)c2nncn2C)n1. The van der Waals surface area contributed by atoms with Crippen molar-refractivity contribution in [3.63, 3.8) is 0 Å². The molecule has 1 atom stereocenters. The molecule has 6 aromatic rings. The topological polar surface area (TPSA) is 91.3 Å². The van der Waals surface area contributed by atoms with Gasteiger partial charge in [0.2, 0.25) is 0 Å². The van der Waals surface area contributed by atoms with Gasteiger partial charge in [0.25, 0.3) is 0 Å². The molecule has 2 aromatic carbocycles. The van der Waals surface area contributed by atoms with E-state index in [-0.39, 0.29) is 6.04 Å². The first kappa shape index (κ1) is 20.1. The lowest BCUT2D eigenvalue weighted by atomic mass is 10.0. The van der Waals surface area contributed by atoms with Crippen molar-refractivity contribution in [2.45, 2.75) is 6.04 Å². The minimum atomic E-state index is -0.286. The summed E-state index contributed by atoms with van der Waals surface area (Å²) < 4.78 is 5.81. The van der Waals surface area contributed by atoms with Gasteiger partial charge in [0, 0.05) is 62.7 Å². The van der Waals surface area contributed by atoms with Gasteiger partial charge < -0.3 is 14.5 Å². The van der Waals surface area contributed by atoms with Gasteiger partial charge in [0.05, 0.1) is 16.7 Å². The Bertz CT molecular complexity index is 1640. The summed E-state index contributed by atoms with van der Waals surface area (Å²) in [6, 6.07) is 14.4. The van der Waals surface area contributed by atoms with Crippen LogP contribution in [-0.2, 0) is 21.1 Å². The van der Waals surface area contributed by atoms with Crippen molar-refractivity contribution in [3.8, 4) is 11.1 Å². The van der Waals surface area contributed by atoms with Crippen molar-refractivity contribution in [1.29, 1.82) is 0 Å². The third-order valence-electron chi connectivity index (χ3n) is 6.12. The smallest absolute Gasteiger partial charge is 0.161 e. The van der Waals surface area contributed by atoms with Crippen LogP contribution in [0.4, 0.5) is 5.69 Å². The molecule has 0 fully saturated rings. The molecular formula is C25H23N9. The Hall–Kier alpha value is -4.53. The second kappa shape index (κ2) is 7.80. The van der Waals surface area contributed by atoms with Crippen LogP contribution < -0.4 is 5.32 Å². The van der Waals surface area contributed by atoms with E-state index in [1.54, 1.807) is 23.4 Å². The molecule has 0 saturated carbocycles. The lowest BCUT2D eigenvalue weighted by Gasteiger charge is -2.19. The van der Waals surface area contributed by atoms with Crippen LogP contribution in [0.15, 0.2) is 73.6 Å². The zero-order chi connectivity index (χ0) is 23.2. The fourth-order valence-electron chi connectivity index (χ4n) is 4.39. The van der Waals surface area contributed by atoms with Gasteiger partial charge in [-0.15, -0.1) is 10.2 Å². The molecule has 34 heavy (non-hydrogen) atoms. The fourth-order valence-corrected chi connectivity index (χ4v) is 4.39. The molecule has 0 bridgehead atoms. The largest absolute Gasteiger partial charge is 0.370 e. The van der Waals surface area contributed by atoms with E-state index in [4.69, 9.17) is 0 Å². The molecule has 6 rings (SSSR count). The average molecular weight is 450 g/mol. The van der Waals surface area contributed by atoms with Crippen molar-refractivity contribution in [2.75, 3.05) is 5.32 Å². The summed E-state index contributed by atoms with van der Waals surface area (Å²) in [6.07, 6.45) is 9.14. The van der Waals surface area contributed by atoms with E-state index in [0.29, 0.717) is 0 Å². The van der Waals surface area contributed by atoms with Gasteiger partial charge in [-0.1, -0.05) is 12.1 Å². The van der Waals surface area contributed by atoms with Gasteiger partial charge in [-0.05, 0) is 41.3 Å². The summed E-state index contributed by atoms with van der Waals surface area (Å²) >= 11 is 0. The summed E-state index contributed by atoms with van der Waals surface area (Å²) in [6.45, 7) is 0. The summed E-state index contributed by atoms with van der Waals surface area (Å²) in [4.78, 5) is 9.26. The molecule has 0 spiro atoms. The van der Waals surface area contributed by atoms with E-state index in [1.165, 1.54) is 10.9 Å². The van der Waals surface area contributed by atoms with E-state index in [0.717, 1.165) is 39.4 Å². The second-order valence-electron chi connectivity index (χ2n) is 8.44. The van der Waals surface area contributed by atoms with Crippen LogP contribution in [0.3, 0.4) is 0 Å². The van der Waals surface area contributed by atoms with Crippen LogP contribution in [0.5, 0.6) is 0 Å². The number of fused-ring (bicyclic) bond motifs is 2. The molecule has 0 amide bonds. The summed E-state index contributed by atoms with van der Waals surface area (Å²) in [5, 5.41) is 17.9. The zero-order valence-corrected chi connectivity index (χ0v) is 19.1. The number of aromatic nitrogens is 8. The standard InChI is InChI=1S/C25H23N9/c1-32-10-6-16-4-5-17(12-22(16)32)19-13-18(14-21-23(19)27-9-8-26-21)29-24(20-7-11-34(3)31-20)25-30-28-15-33(25)2/h4-15,24,29H,1-3H3/t24-/m1/s1. The Morgan fingerprint density at radius 1 is 0.882 bits per heavy atom. The Kier molecular flexibility index (Phi) is 4.61. The molecule has 0 aliphatic heterocycles. The van der Waals surface area contributed by atoms with Crippen LogP contribution in [0.1, 0.15) is 17.6 Å². The van der Waals surface area contributed by atoms with E-state index in [1.807, 2.05) is 37.0 Å². The van der Waals surface area contributed by atoms with Gasteiger partial charge in [-0.2, -0.15) is 5.10 Å². The molecule has 1 N–H and O–H groups in total. The molecule has 0 aliphatic rings. The highest BCUT2D eigenvalue weighted by atomic mass is 15.3. The number of aryl methyl sites for hydroxylation is 3. The average Bonchev–Trinajstić information content (AvgIpc) is 3.57. The Labute approximate surface area is 195 Å². The maximum Gasteiger partial charge on any atom is 0.161 e. The molecule has 0 unspecified atom stereocenters. The number of nitrogens with one attached hydrogen (secondary N) is 1. The van der Waals surface area contributed by atoms with Crippen LogP contribution in [0.25, 0.3) is 33.1 Å². The van der Waals surface area contributed by atoms with E-state index in [2.05, 4.69) is 78.7 Å².